The second kappa shape index (κ2) is 6.46. The third-order valence-electron chi connectivity index (χ3n) is 4.82. The van der Waals surface area contributed by atoms with E-state index >= 15 is 0 Å². The molecule has 120 valence electrons. The average Bonchev–Trinajstić information content (AvgIpc) is 2.53. The highest BCUT2D eigenvalue weighted by Crippen LogP contribution is 2.42. The maximum atomic E-state index is 11.9. The van der Waals surface area contributed by atoms with Crippen LogP contribution in [0, 0.1) is 5.92 Å². The SMILES string of the molecule is NCC1CCCC(CN)(c2cccc(C(N)=O)c2C(N)=O)C1. The van der Waals surface area contributed by atoms with Crippen LogP contribution in [0.25, 0.3) is 0 Å². The van der Waals surface area contributed by atoms with E-state index in [0.717, 1.165) is 31.2 Å². The molecule has 2 rings (SSSR count). The Bertz CT molecular complexity index is 588. The number of carbonyl (C=O) groups is 2. The lowest BCUT2D eigenvalue weighted by molar-refractivity contribution is 0.0963. The zero-order valence-electron chi connectivity index (χ0n) is 12.7. The van der Waals surface area contributed by atoms with Gasteiger partial charge in [0.05, 0.1) is 11.1 Å². The van der Waals surface area contributed by atoms with Gasteiger partial charge in [-0.25, -0.2) is 0 Å². The number of hydrogen-bond acceptors (Lipinski definition) is 4. The fourth-order valence-electron chi connectivity index (χ4n) is 3.69. The van der Waals surface area contributed by atoms with Crippen molar-refractivity contribution in [1.82, 2.24) is 0 Å². The van der Waals surface area contributed by atoms with Crippen LogP contribution >= 0.6 is 0 Å². The molecule has 0 saturated heterocycles. The molecule has 0 spiro atoms. The topological polar surface area (TPSA) is 138 Å². The Morgan fingerprint density at radius 3 is 2.45 bits per heavy atom. The van der Waals surface area contributed by atoms with E-state index in [0.29, 0.717) is 19.0 Å². The van der Waals surface area contributed by atoms with Crippen LogP contribution in [0.1, 0.15) is 52.0 Å². The van der Waals surface area contributed by atoms with Gasteiger partial charge in [-0.1, -0.05) is 18.6 Å². The van der Waals surface area contributed by atoms with Gasteiger partial charge in [0.15, 0.2) is 0 Å². The van der Waals surface area contributed by atoms with Crippen molar-refractivity contribution < 1.29 is 9.59 Å². The maximum absolute atomic E-state index is 11.9. The first-order valence-electron chi connectivity index (χ1n) is 7.58. The smallest absolute Gasteiger partial charge is 0.249 e. The fraction of sp³-hybridized carbons (Fsp3) is 0.500. The van der Waals surface area contributed by atoms with Crippen molar-refractivity contribution in [3.8, 4) is 0 Å². The van der Waals surface area contributed by atoms with Crippen LogP contribution < -0.4 is 22.9 Å². The number of nitrogens with two attached hydrogens (primary N) is 4. The number of benzene rings is 1. The third kappa shape index (κ3) is 2.84. The minimum Gasteiger partial charge on any atom is -0.366 e. The molecule has 2 unspecified atom stereocenters. The Labute approximate surface area is 130 Å². The lowest BCUT2D eigenvalue weighted by atomic mass is 9.64. The normalized spacial score (nSPS) is 24.9. The second-order valence-corrected chi connectivity index (χ2v) is 6.14. The van der Waals surface area contributed by atoms with E-state index in [2.05, 4.69) is 0 Å². The van der Waals surface area contributed by atoms with Gasteiger partial charge in [0.2, 0.25) is 11.8 Å². The van der Waals surface area contributed by atoms with Gasteiger partial charge in [0.1, 0.15) is 0 Å². The minimum atomic E-state index is -0.658. The molecule has 1 aliphatic carbocycles. The molecule has 1 fully saturated rings. The molecule has 0 aromatic heterocycles. The summed E-state index contributed by atoms with van der Waals surface area (Å²) in [7, 11) is 0. The standard InChI is InChI=1S/C16H24N4O2/c17-8-10-3-2-6-16(7-10,9-18)12-5-1-4-11(14(19)21)13(12)15(20)22/h1,4-5,10H,2-3,6-9,17-18H2,(H2,19,21)(H2,20,22). The molecular weight excluding hydrogens is 280 g/mol. The lowest BCUT2D eigenvalue weighted by Crippen LogP contribution is -2.43. The van der Waals surface area contributed by atoms with Crippen LogP contribution in [0.2, 0.25) is 0 Å². The fourth-order valence-corrected chi connectivity index (χ4v) is 3.69. The van der Waals surface area contributed by atoms with Crippen LogP contribution in [-0.4, -0.2) is 24.9 Å². The number of rotatable bonds is 5. The molecule has 0 aliphatic heterocycles. The minimum absolute atomic E-state index is 0.160. The highest BCUT2D eigenvalue weighted by molar-refractivity contribution is 6.07. The predicted octanol–water partition coefficient (Wildman–Crippen LogP) is 0.230. The summed E-state index contributed by atoms with van der Waals surface area (Å²) >= 11 is 0. The molecule has 0 bridgehead atoms. The summed E-state index contributed by atoms with van der Waals surface area (Å²) in [6, 6.07) is 5.09. The zero-order chi connectivity index (χ0) is 16.3. The summed E-state index contributed by atoms with van der Waals surface area (Å²) in [5.74, 6) is -0.948. The Morgan fingerprint density at radius 1 is 1.18 bits per heavy atom. The van der Waals surface area contributed by atoms with Gasteiger partial charge in [-0.3, -0.25) is 9.59 Å². The van der Waals surface area contributed by atoms with Crippen molar-refractivity contribution in [3.05, 3.63) is 34.9 Å². The van der Waals surface area contributed by atoms with Gasteiger partial charge >= 0.3 is 0 Å². The summed E-state index contributed by atoms with van der Waals surface area (Å²) in [4.78, 5) is 23.6. The Balaban J connectivity index is 2.60. The molecule has 0 heterocycles. The van der Waals surface area contributed by atoms with Gasteiger partial charge in [-0.15, -0.1) is 0 Å². The first kappa shape index (κ1) is 16.5. The van der Waals surface area contributed by atoms with E-state index in [-0.39, 0.29) is 16.5 Å². The van der Waals surface area contributed by atoms with Gasteiger partial charge in [-0.2, -0.15) is 0 Å². The Hall–Kier alpha value is -1.92. The van der Waals surface area contributed by atoms with Gasteiger partial charge in [-0.05, 0) is 43.4 Å². The van der Waals surface area contributed by atoms with Crippen LogP contribution in [0.3, 0.4) is 0 Å². The molecule has 22 heavy (non-hydrogen) atoms. The van der Waals surface area contributed by atoms with E-state index in [4.69, 9.17) is 22.9 Å². The van der Waals surface area contributed by atoms with Crippen molar-refractivity contribution in [2.75, 3.05) is 13.1 Å². The van der Waals surface area contributed by atoms with Crippen molar-refractivity contribution in [2.24, 2.45) is 28.9 Å². The summed E-state index contributed by atoms with van der Waals surface area (Å²) in [6.45, 7) is 0.967. The molecule has 1 saturated carbocycles. The van der Waals surface area contributed by atoms with Crippen molar-refractivity contribution in [1.29, 1.82) is 0 Å². The monoisotopic (exact) mass is 304 g/mol. The number of hydrogen-bond donors (Lipinski definition) is 4. The van der Waals surface area contributed by atoms with Gasteiger partial charge in [0, 0.05) is 12.0 Å². The zero-order valence-corrected chi connectivity index (χ0v) is 12.7. The molecule has 1 aromatic rings. The Kier molecular flexibility index (Phi) is 4.83. The second-order valence-electron chi connectivity index (χ2n) is 6.14. The number of carbonyl (C=O) groups excluding carboxylic acids is 2. The predicted molar refractivity (Wildman–Crippen MR) is 85.2 cm³/mol. The molecule has 1 aromatic carbocycles. The van der Waals surface area contributed by atoms with Gasteiger partial charge < -0.3 is 22.9 Å². The summed E-state index contributed by atoms with van der Waals surface area (Å²) in [5, 5.41) is 0. The summed E-state index contributed by atoms with van der Waals surface area (Å²) in [6.07, 6.45) is 3.68. The van der Waals surface area contributed by atoms with Crippen LogP contribution in [0.4, 0.5) is 0 Å². The van der Waals surface area contributed by atoms with E-state index in [9.17, 15) is 9.59 Å². The molecular formula is C16H24N4O2. The van der Waals surface area contributed by atoms with Gasteiger partial charge in [0.25, 0.3) is 0 Å². The first-order chi connectivity index (χ1) is 10.4. The van der Waals surface area contributed by atoms with Crippen molar-refractivity contribution >= 4 is 11.8 Å². The van der Waals surface area contributed by atoms with E-state index in [1.54, 1.807) is 6.07 Å². The third-order valence-corrected chi connectivity index (χ3v) is 4.82. The maximum Gasteiger partial charge on any atom is 0.249 e. The molecule has 6 nitrogen and oxygen atoms in total. The number of amides is 2. The highest BCUT2D eigenvalue weighted by Gasteiger charge is 2.39. The number of primary amides is 2. The molecule has 2 amide bonds. The molecule has 8 N–H and O–H groups in total. The molecule has 0 radical (unpaired) electrons. The van der Waals surface area contributed by atoms with Crippen LogP contribution in [-0.2, 0) is 5.41 Å². The largest absolute Gasteiger partial charge is 0.366 e. The average molecular weight is 304 g/mol. The molecule has 1 aliphatic rings. The highest BCUT2D eigenvalue weighted by atomic mass is 16.2. The first-order valence-corrected chi connectivity index (χ1v) is 7.58. The van der Waals surface area contributed by atoms with Crippen LogP contribution in [0.15, 0.2) is 18.2 Å². The van der Waals surface area contributed by atoms with E-state index in [1.165, 1.54) is 6.07 Å². The van der Waals surface area contributed by atoms with Crippen LogP contribution in [0.5, 0.6) is 0 Å². The van der Waals surface area contributed by atoms with E-state index in [1.807, 2.05) is 6.07 Å². The Morgan fingerprint density at radius 2 is 1.91 bits per heavy atom. The molecule has 2 atom stereocenters. The summed E-state index contributed by atoms with van der Waals surface area (Å²) < 4.78 is 0. The van der Waals surface area contributed by atoms with Crippen molar-refractivity contribution in [3.63, 3.8) is 0 Å². The molecule has 6 heteroatoms. The van der Waals surface area contributed by atoms with Crippen molar-refractivity contribution in [2.45, 2.75) is 31.1 Å². The summed E-state index contributed by atoms with van der Waals surface area (Å²) in [5.41, 5.74) is 23.5. The quantitative estimate of drug-likeness (QED) is 0.618. The van der Waals surface area contributed by atoms with E-state index < -0.39 is 11.8 Å². The lowest BCUT2D eigenvalue weighted by Gasteiger charge is -2.41.